The number of hydrogen-bond donors (Lipinski definition) is 15. The van der Waals surface area contributed by atoms with Gasteiger partial charge in [-0.1, -0.05) is 82.3 Å². The summed E-state index contributed by atoms with van der Waals surface area (Å²) in [6, 6.07) is 10.5. The molecule has 3 aliphatic rings. The second kappa shape index (κ2) is 28.3. The smallest absolute Gasteiger partial charge is 0.330 e. The van der Waals surface area contributed by atoms with Gasteiger partial charge in [0.2, 0.25) is 11.8 Å². The van der Waals surface area contributed by atoms with Crippen molar-refractivity contribution in [2.75, 3.05) is 33.3 Å². The van der Waals surface area contributed by atoms with Crippen LogP contribution >= 0.6 is 0 Å². The minimum Gasteiger partial charge on any atom is -0.480 e. The lowest BCUT2D eigenvalue weighted by molar-refractivity contribution is -0.231. The van der Waals surface area contributed by atoms with Crippen molar-refractivity contribution >= 4 is 35.7 Å². The lowest BCUT2D eigenvalue weighted by Gasteiger charge is -2.34. The van der Waals surface area contributed by atoms with E-state index in [2.05, 4.69) is 42.2 Å². The molecule has 3 aromatic rings. The largest absolute Gasteiger partial charge is 0.480 e. The second-order valence-corrected chi connectivity index (χ2v) is 20.1. The van der Waals surface area contributed by atoms with E-state index in [1.165, 1.54) is 7.11 Å². The number of rotatable bonds is 27. The van der Waals surface area contributed by atoms with Crippen molar-refractivity contribution in [2.24, 2.45) is 22.6 Å². The van der Waals surface area contributed by atoms with E-state index in [9.17, 15) is 64.2 Å². The molecule has 79 heavy (non-hydrogen) atoms. The maximum atomic E-state index is 14.0. The van der Waals surface area contributed by atoms with E-state index < -0.39 is 144 Å². The maximum Gasteiger partial charge on any atom is 0.330 e. The molecule has 4 heterocycles. The first kappa shape index (κ1) is 61.4. The maximum absolute atomic E-state index is 14.0. The molecule has 2 aromatic carbocycles. The first-order chi connectivity index (χ1) is 37.6. The fourth-order valence-corrected chi connectivity index (χ4v) is 9.37. The molecule has 0 radical (unpaired) electrons. The van der Waals surface area contributed by atoms with Crippen molar-refractivity contribution in [2.45, 2.75) is 139 Å². The number of carbonyl (C=O) groups is 5. The van der Waals surface area contributed by atoms with E-state index in [1.807, 2.05) is 59.6 Å². The zero-order chi connectivity index (χ0) is 57.7. The Morgan fingerprint density at radius 3 is 2.13 bits per heavy atom. The van der Waals surface area contributed by atoms with Crippen LogP contribution in [0.25, 0.3) is 11.1 Å². The molecule has 0 saturated carbocycles. The van der Waals surface area contributed by atoms with E-state index >= 15 is 0 Å². The van der Waals surface area contributed by atoms with Gasteiger partial charge in [0.05, 0.1) is 12.1 Å². The molecule has 0 aliphatic carbocycles. The average molecular weight is 1110 g/mol. The van der Waals surface area contributed by atoms with Gasteiger partial charge in [0.25, 0.3) is 5.56 Å². The number of aliphatic carboxylic acids is 2. The van der Waals surface area contributed by atoms with Crippen LogP contribution < -0.4 is 54.2 Å². The summed E-state index contributed by atoms with van der Waals surface area (Å²) in [5.74, 6) is -5.86. The molecule has 434 valence electrons. The van der Waals surface area contributed by atoms with Crippen LogP contribution in [0.1, 0.15) is 52.3 Å². The van der Waals surface area contributed by atoms with Crippen LogP contribution in [0.2, 0.25) is 0 Å². The number of carbonyl (C=O) groups excluding carboxylic acids is 3. The first-order valence-corrected chi connectivity index (χ1v) is 25.9. The number of H-pyrrole nitrogens is 1. The molecular weight excluding hydrogens is 1040 g/mol. The van der Waals surface area contributed by atoms with Gasteiger partial charge in [-0.25, -0.2) is 14.4 Å². The number of ether oxygens (including phenoxy) is 4. The fraction of sp³-hybridized carbons (Fsp3) is 0.569. The van der Waals surface area contributed by atoms with Crippen LogP contribution in [-0.2, 0) is 44.7 Å². The molecule has 3 aliphatic heterocycles. The van der Waals surface area contributed by atoms with Gasteiger partial charge >= 0.3 is 23.7 Å². The number of hydrogen-bond acceptors (Lipinski definition) is 20. The van der Waals surface area contributed by atoms with Gasteiger partial charge < -0.3 is 92.5 Å². The molecule has 2 saturated heterocycles. The number of amides is 4. The van der Waals surface area contributed by atoms with Crippen LogP contribution in [0, 0.1) is 11.8 Å². The predicted octanol–water partition coefficient (Wildman–Crippen LogP) is -3.40. The third-order valence-electron chi connectivity index (χ3n) is 13.8. The van der Waals surface area contributed by atoms with Gasteiger partial charge in [-0.3, -0.25) is 33.7 Å². The Kier molecular flexibility index (Phi) is 22.0. The van der Waals surface area contributed by atoms with E-state index in [1.54, 1.807) is 27.7 Å². The molecular formula is C51H73N11O17. The number of nitrogens with two attached hydrogens (primary N) is 1. The Balaban J connectivity index is 1.14. The number of methoxy groups -OCH3 is 1. The lowest BCUT2D eigenvalue weighted by Crippen LogP contribution is -2.66. The Morgan fingerprint density at radius 1 is 0.823 bits per heavy atom. The van der Waals surface area contributed by atoms with Crippen LogP contribution in [0.5, 0.6) is 0 Å². The van der Waals surface area contributed by atoms with E-state index in [0.29, 0.717) is 6.54 Å². The third-order valence-corrected chi connectivity index (χ3v) is 13.8. The number of nitrogens with zero attached hydrogens (tertiary/aromatic N) is 2. The van der Waals surface area contributed by atoms with Gasteiger partial charge in [0, 0.05) is 45.6 Å². The highest BCUT2D eigenvalue weighted by atomic mass is 16.7. The summed E-state index contributed by atoms with van der Waals surface area (Å²) in [5, 5.41) is 84.6. The summed E-state index contributed by atoms with van der Waals surface area (Å²) < 4.78 is 24.8. The van der Waals surface area contributed by atoms with Gasteiger partial charge in [-0.15, -0.1) is 0 Å². The van der Waals surface area contributed by atoms with Crippen molar-refractivity contribution in [3.05, 3.63) is 93.3 Å². The molecule has 2 fully saturated rings. The number of aliphatic imine (C=N–C) groups is 1. The van der Waals surface area contributed by atoms with E-state index in [4.69, 9.17) is 24.7 Å². The zero-order valence-corrected chi connectivity index (χ0v) is 44.3. The van der Waals surface area contributed by atoms with Crippen molar-refractivity contribution in [1.82, 2.24) is 46.8 Å². The number of guanidine groups is 1. The molecule has 15 atom stereocenters. The number of benzene rings is 2. The standard InChI is InChI=1S/C51H73N11O17/c1-24(2)32(46(70)71)60-50(74)61-33(29-16-20-56-49(52)57-29)44(69)59-34(36(64)25(3)4)43(68)55-19-9-18-54-35(47(72)73)40(41-38(66)39(67)45(78-41)62-21-17-31(63)58-51(62)75)79-48-42(76-5)37(65)30(77-48)23-53-22-26-12-14-28(15-13-26)27-10-7-6-8-11-27/h6-8,10-15,17,21,24-25,29-30,32-42,45,48,53-54,64-67H,9,16,18-20,22-23H2,1-5H3,(H,55,68)(H,59,69)(H,70,71)(H,72,73)(H3,52,56,57)(H,58,63,75)(H2,60,61,74)/t29?,30-,32?,33?,34?,35?,36?,37+,38+,39-,40?,41+,42-,45-,48-/m1/s1. The molecule has 0 bridgehead atoms. The molecule has 4 amide bonds. The topological polar surface area (TPSA) is 421 Å². The number of aliphatic hydroxyl groups is 4. The molecule has 28 nitrogen and oxygen atoms in total. The number of carboxylic acid groups (broad SMARTS) is 2. The van der Waals surface area contributed by atoms with Gasteiger partial charge in [-0.2, -0.15) is 0 Å². The second-order valence-electron chi connectivity index (χ2n) is 20.1. The van der Waals surface area contributed by atoms with E-state index in [-0.39, 0.29) is 45.0 Å². The van der Waals surface area contributed by atoms with Crippen molar-refractivity contribution in [3.63, 3.8) is 0 Å². The highest BCUT2D eigenvalue weighted by Gasteiger charge is 2.54. The third kappa shape index (κ3) is 15.9. The normalized spacial score (nSPS) is 25.3. The van der Waals surface area contributed by atoms with Crippen LogP contribution in [0.15, 0.2) is 81.4 Å². The zero-order valence-electron chi connectivity index (χ0n) is 44.3. The van der Waals surface area contributed by atoms with Crippen LogP contribution in [-0.4, -0.2) is 195 Å². The summed E-state index contributed by atoms with van der Waals surface area (Å²) >= 11 is 0. The Morgan fingerprint density at radius 2 is 1.51 bits per heavy atom. The predicted molar refractivity (Wildman–Crippen MR) is 281 cm³/mol. The summed E-state index contributed by atoms with van der Waals surface area (Å²) in [5.41, 5.74) is 7.11. The lowest BCUT2D eigenvalue weighted by atomic mass is 9.97. The molecule has 6 rings (SSSR count). The van der Waals surface area contributed by atoms with Gasteiger partial charge in [0.15, 0.2) is 18.5 Å². The molecule has 28 heteroatoms. The number of nitrogens with one attached hydrogen (secondary N) is 8. The van der Waals surface area contributed by atoms with Gasteiger partial charge in [-0.05, 0) is 47.9 Å². The minimum absolute atomic E-state index is 0.0234. The number of carboxylic acids is 2. The SMILES string of the molecule is CO[C@H]1[C@@H](OC(C(NCCCNC(=O)C(NC(=O)C(NC(=O)NC(C(=O)O)C(C)C)C2CCN=C(N)N2)C(O)C(C)C)C(=O)O)[C@H]2O[C@@H](n3ccc(=O)[nH]c3=O)[C@H](O)[C@@H]2O)O[C@H](CNCc2ccc(-c3ccccc3)cc2)[C@@H]1O. The van der Waals surface area contributed by atoms with Crippen molar-refractivity contribution in [3.8, 4) is 11.1 Å². The Bertz CT molecular complexity index is 2680. The summed E-state index contributed by atoms with van der Waals surface area (Å²) in [4.78, 5) is 96.9. The Hall–Kier alpha value is -6.86. The summed E-state index contributed by atoms with van der Waals surface area (Å²) in [7, 11) is 1.27. The average Bonchev–Trinajstić information content (AvgIpc) is 3.94. The molecule has 16 N–H and O–H groups in total. The van der Waals surface area contributed by atoms with Crippen LogP contribution in [0.4, 0.5) is 4.79 Å². The number of aromatic nitrogens is 2. The van der Waals surface area contributed by atoms with Crippen molar-refractivity contribution < 1.29 is 73.6 Å². The van der Waals surface area contributed by atoms with Gasteiger partial charge in [0.1, 0.15) is 66.9 Å². The molecule has 1 aromatic heterocycles. The first-order valence-electron chi connectivity index (χ1n) is 25.9. The van der Waals surface area contributed by atoms with Crippen molar-refractivity contribution in [1.29, 1.82) is 0 Å². The molecule has 0 spiro atoms. The highest BCUT2D eigenvalue weighted by Crippen LogP contribution is 2.35. The molecule has 7 unspecified atom stereocenters. The number of aromatic amines is 1. The summed E-state index contributed by atoms with van der Waals surface area (Å²) in [6.45, 7) is 6.53. The monoisotopic (exact) mass is 1110 g/mol. The summed E-state index contributed by atoms with van der Waals surface area (Å²) in [6.07, 6.45) is -14.4. The number of urea groups is 1. The Labute approximate surface area is 453 Å². The number of aliphatic hydroxyl groups excluding tert-OH is 4. The highest BCUT2D eigenvalue weighted by molar-refractivity contribution is 5.94. The van der Waals surface area contributed by atoms with E-state index in [0.717, 1.165) is 33.5 Å². The van der Waals surface area contributed by atoms with Crippen LogP contribution in [0.3, 0.4) is 0 Å². The quantitative estimate of drug-likeness (QED) is 0.0331. The fourth-order valence-electron chi connectivity index (χ4n) is 9.37. The minimum atomic E-state index is -1.93.